The third kappa shape index (κ3) is 15.8. The number of rotatable bonds is 3. The molecule has 0 saturated carbocycles. The molecule has 0 fully saturated rings. The van der Waals surface area contributed by atoms with Crippen molar-refractivity contribution in [1.29, 1.82) is 0 Å². The number of hydrogen-bond donors (Lipinski definition) is 4. The van der Waals surface area contributed by atoms with Gasteiger partial charge in [0.25, 0.3) is 0 Å². The van der Waals surface area contributed by atoms with E-state index in [4.69, 9.17) is 15.0 Å². The average Bonchev–Trinajstić information content (AvgIpc) is 1.99. The molecule has 0 aromatic carbocycles. The van der Waals surface area contributed by atoms with E-state index in [1.165, 1.54) is 0 Å². The maximum Gasteiger partial charge on any atom is 0.309 e. The number of carbonyl (C=O) groups excluding carboxylic acids is 1. The molecule has 5 heteroatoms. The highest BCUT2D eigenvalue weighted by atomic mass is 16.3. The van der Waals surface area contributed by atoms with Crippen LogP contribution in [0.1, 0.15) is 6.42 Å². The molecule has 0 atom stereocenters. The van der Waals surface area contributed by atoms with E-state index in [2.05, 4.69) is 18.0 Å². The number of aliphatic hydroxyl groups excluding tert-OH is 2. The number of hydrogen-bond acceptors (Lipinski definition) is 3. The Morgan fingerprint density at radius 2 is 1.92 bits per heavy atom. The van der Waals surface area contributed by atoms with E-state index >= 15 is 0 Å². The zero-order chi connectivity index (χ0) is 9.98. The van der Waals surface area contributed by atoms with Gasteiger partial charge in [0, 0.05) is 0 Å². The van der Waals surface area contributed by atoms with E-state index in [-0.39, 0.29) is 6.61 Å². The van der Waals surface area contributed by atoms with Crippen molar-refractivity contribution in [1.82, 2.24) is 0 Å². The van der Waals surface area contributed by atoms with Gasteiger partial charge < -0.3 is 21.7 Å². The van der Waals surface area contributed by atoms with Crippen LogP contribution < -0.4 is 11.5 Å². The number of carbonyl (C=O) groups is 1. The maximum atomic E-state index is 9.00. The molecular formula is C7H14N2O3. The van der Waals surface area contributed by atoms with Crippen molar-refractivity contribution in [2.75, 3.05) is 6.61 Å². The number of primary amides is 2. The van der Waals surface area contributed by atoms with Gasteiger partial charge in [0.15, 0.2) is 0 Å². The van der Waals surface area contributed by atoms with Crippen molar-refractivity contribution in [2.24, 2.45) is 11.5 Å². The van der Waals surface area contributed by atoms with E-state index in [1.807, 2.05) is 0 Å². The quantitative estimate of drug-likeness (QED) is 0.357. The van der Waals surface area contributed by atoms with Crippen molar-refractivity contribution >= 4 is 6.03 Å². The molecule has 0 bridgehead atoms. The van der Waals surface area contributed by atoms with Crippen LogP contribution in [0.25, 0.3) is 0 Å². The lowest BCUT2D eigenvalue weighted by Gasteiger charge is -1.92. The molecule has 0 saturated heterocycles. The number of aliphatic hydroxyl groups is 2. The summed E-state index contributed by atoms with van der Waals surface area (Å²) in [5, 5.41) is 16.7. The minimum absolute atomic E-state index is 0.0947. The molecule has 5 nitrogen and oxygen atoms in total. The molecule has 0 heterocycles. The lowest BCUT2D eigenvalue weighted by molar-refractivity contribution is 0.256. The smallest absolute Gasteiger partial charge is 0.309 e. The summed E-state index contributed by atoms with van der Waals surface area (Å²) in [7, 11) is 0. The molecule has 0 unspecified atom stereocenters. The summed E-state index contributed by atoms with van der Waals surface area (Å²) < 4.78 is 0. The number of nitrogens with two attached hydrogens (primary N) is 2. The molecule has 0 aliphatic rings. The van der Waals surface area contributed by atoms with Gasteiger partial charge in [0.05, 0.1) is 12.9 Å². The Hall–Kier alpha value is -1.49. The highest BCUT2D eigenvalue weighted by Crippen LogP contribution is 1.97. The third-order valence-electron chi connectivity index (χ3n) is 0.792. The maximum absolute atomic E-state index is 9.00. The molecule has 0 aliphatic heterocycles. The molecule has 0 aliphatic carbocycles. The first-order valence-corrected chi connectivity index (χ1v) is 3.17. The second-order valence-electron chi connectivity index (χ2n) is 1.84. The van der Waals surface area contributed by atoms with Gasteiger partial charge in [-0.3, -0.25) is 0 Å². The van der Waals surface area contributed by atoms with Gasteiger partial charge in [-0.1, -0.05) is 6.08 Å². The van der Waals surface area contributed by atoms with Crippen LogP contribution in [0.3, 0.4) is 0 Å². The lowest BCUT2D eigenvalue weighted by Crippen LogP contribution is -2.18. The third-order valence-corrected chi connectivity index (χ3v) is 0.792. The first kappa shape index (κ1) is 13.1. The Balaban J connectivity index is 0. The van der Waals surface area contributed by atoms with Crippen LogP contribution in [-0.2, 0) is 0 Å². The van der Waals surface area contributed by atoms with Crippen molar-refractivity contribution in [3.63, 3.8) is 0 Å². The predicted molar refractivity (Wildman–Crippen MR) is 46.4 cm³/mol. The Bertz CT molecular complexity index is 162. The average molecular weight is 174 g/mol. The largest absolute Gasteiger partial charge is 0.516 e. The first-order valence-electron chi connectivity index (χ1n) is 3.17. The van der Waals surface area contributed by atoms with Crippen molar-refractivity contribution < 1.29 is 15.0 Å². The number of amides is 2. The fourth-order valence-electron chi connectivity index (χ4n) is 0.343. The monoisotopic (exact) mass is 174 g/mol. The molecule has 2 amide bonds. The van der Waals surface area contributed by atoms with E-state index < -0.39 is 6.03 Å². The van der Waals surface area contributed by atoms with Crippen LogP contribution in [0, 0.1) is 0 Å². The van der Waals surface area contributed by atoms with Crippen LogP contribution in [-0.4, -0.2) is 22.9 Å². The summed E-state index contributed by atoms with van der Waals surface area (Å²) in [5.41, 5.74) is 9.08. The van der Waals surface area contributed by atoms with E-state index in [0.29, 0.717) is 12.0 Å². The summed E-state index contributed by atoms with van der Waals surface area (Å²) in [4.78, 5) is 9.00. The summed E-state index contributed by atoms with van der Waals surface area (Å²) in [6.07, 6.45) is 3.08. The van der Waals surface area contributed by atoms with Gasteiger partial charge in [0.2, 0.25) is 0 Å². The highest BCUT2D eigenvalue weighted by Gasteiger charge is 1.87. The van der Waals surface area contributed by atoms with Crippen molar-refractivity contribution in [2.45, 2.75) is 6.42 Å². The van der Waals surface area contributed by atoms with Gasteiger partial charge in [0.1, 0.15) is 0 Å². The van der Waals surface area contributed by atoms with Gasteiger partial charge in [-0.15, -0.1) is 6.58 Å². The summed E-state index contributed by atoms with van der Waals surface area (Å²) in [6, 6.07) is -0.833. The standard InChI is InChI=1S/C6H10O2.CH4N2O/c1-2-3-6(4-7)5-8;2-1(3)4/h2,4,7-8H,1,3,5H2;(H4,2,3,4)/b6-4-;. The van der Waals surface area contributed by atoms with Gasteiger partial charge in [-0.2, -0.15) is 0 Å². The van der Waals surface area contributed by atoms with E-state index in [9.17, 15) is 0 Å². The summed E-state index contributed by atoms with van der Waals surface area (Å²) >= 11 is 0. The van der Waals surface area contributed by atoms with Crippen molar-refractivity contribution in [3.05, 3.63) is 24.5 Å². The normalized spacial score (nSPS) is 9.58. The fraction of sp³-hybridized carbons (Fsp3) is 0.286. The molecule has 0 radical (unpaired) electrons. The number of allylic oxidation sites excluding steroid dienone is 1. The first-order chi connectivity index (χ1) is 5.58. The molecule has 0 spiro atoms. The Labute approximate surface area is 71.0 Å². The van der Waals surface area contributed by atoms with Crippen LogP contribution in [0.5, 0.6) is 0 Å². The summed E-state index contributed by atoms with van der Waals surface area (Å²) in [6.45, 7) is 3.34. The van der Waals surface area contributed by atoms with Crippen LogP contribution in [0.15, 0.2) is 24.5 Å². The van der Waals surface area contributed by atoms with Gasteiger partial charge in [-0.05, 0) is 12.0 Å². The fourth-order valence-corrected chi connectivity index (χ4v) is 0.343. The second-order valence-corrected chi connectivity index (χ2v) is 1.84. The molecule has 0 aromatic heterocycles. The Morgan fingerprint density at radius 3 is 2.00 bits per heavy atom. The topological polar surface area (TPSA) is 110 Å². The second kappa shape index (κ2) is 9.51. The molecule has 0 aromatic rings. The number of urea groups is 1. The highest BCUT2D eigenvalue weighted by molar-refractivity contribution is 5.69. The Morgan fingerprint density at radius 1 is 1.50 bits per heavy atom. The van der Waals surface area contributed by atoms with Gasteiger partial charge in [-0.25, -0.2) is 4.79 Å². The van der Waals surface area contributed by atoms with Crippen molar-refractivity contribution in [3.8, 4) is 0 Å². The molecule has 12 heavy (non-hydrogen) atoms. The van der Waals surface area contributed by atoms with Crippen LogP contribution >= 0.6 is 0 Å². The molecular weight excluding hydrogens is 160 g/mol. The zero-order valence-electron chi connectivity index (χ0n) is 6.73. The minimum Gasteiger partial charge on any atom is -0.516 e. The molecule has 6 N–H and O–H groups in total. The van der Waals surface area contributed by atoms with E-state index in [1.54, 1.807) is 6.08 Å². The molecule has 70 valence electrons. The van der Waals surface area contributed by atoms with Crippen LogP contribution in [0.4, 0.5) is 4.79 Å². The molecule has 0 rings (SSSR count). The summed E-state index contributed by atoms with van der Waals surface area (Å²) in [5.74, 6) is 0. The van der Waals surface area contributed by atoms with E-state index in [0.717, 1.165) is 6.26 Å². The van der Waals surface area contributed by atoms with Gasteiger partial charge >= 0.3 is 6.03 Å². The lowest BCUT2D eigenvalue weighted by atomic mass is 10.2. The predicted octanol–water partition coefficient (Wildman–Crippen LogP) is 0.0205. The SMILES string of the molecule is C=CC/C(=C/O)CO.NC(N)=O. The Kier molecular flexibility index (Phi) is 10.4. The minimum atomic E-state index is -0.833. The zero-order valence-corrected chi connectivity index (χ0v) is 6.73. The van der Waals surface area contributed by atoms with Crippen LogP contribution in [0.2, 0.25) is 0 Å².